The molecule has 30 heavy (non-hydrogen) atoms. The average molecular weight is 418 g/mol. The summed E-state index contributed by atoms with van der Waals surface area (Å²) in [5.41, 5.74) is 1.70. The van der Waals surface area contributed by atoms with Gasteiger partial charge in [0.2, 0.25) is 11.7 Å². The minimum atomic E-state index is -0.0177. The molecule has 0 aliphatic carbocycles. The van der Waals surface area contributed by atoms with Crippen LogP contribution in [0.2, 0.25) is 0 Å². The first kappa shape index (κ1) is 23.2. The molecule has 0 bridgehead atoms. The summed E-state index contributed by atoms with van der Waals surface area (Å²) in [4.78, 5) is 14.8. The largest absolute Gasteiger partial charge is 0.493 e. The number of rotatable bonds is 11. The standard InChI is InChI=1S/C23H31NO6/c1-7-24(15-16-9-11-18(30-8-2)20(13-16)27-4)21(25)14-17-10-12-19(26-3)23(29-6)22(17)28-5/h9-13H,7-8,14-15H2,1-6H3. The Morgan fingerprint density at radius 3 is 2.07 bits per heavy atom. The molecule has 2 aromatic rings. The molecule has 0 radical (unpaired) electrons. The molecular formula is C23H31NO6. The third-order valence-electron chi connectivity index (χ3n) is 4.76. The molecule has 0 unspecified atom stereocenters. The first-order valence-corrected chi connectivity index (χ1v) is 9.88. The summed E-state index contributed by atoms with van der Waals surface area (Å²) in [6.07, 6.45) is 0.186. The second-order valence-corrected chi connectivity index (χ2v) is 6.50. The highest BCUT2D eigenvalue weighted by atomic mass is 16.5. The second kappa shape index (κ2) is 11.2. The predicted molar refractivity (Wildman–Crippen MR) is 115 cm³/mol. The Morgan fingerprint density at radius 2 is 1.50 bits per heavy atom. The Bertz CT molecular complexity index is 852. The van der Waals surface area contributed by atoms with Crippen molar-refractivity contribution in [2.45, 2.75) is 26.8 Å². The van der Waals surface area contributed by atoms with E-state index in [1.165, 1.54) is 0 Å². The molecule has 0 saturated carbocycles. The van der Waals surface area contributed by atoms with Crippen molar-refractivity contribution in [2.24, 2.45) is 0 Å². The zero-order valence-electron chi connectivity index (χ0n) is 18.6. The smallest absolute Gasteiger partial charge is 0.227 e. The Kier molecular flexibility index (Phi) is 8.65. The summed E-state index contributed by atoms with van der Waals surface area (Å²) in [7, 11) is 6.26. The van der Waals surface area contributed by atoms with Crippen LogP contribution in [0.1, 0.15) is 25.0 Å². The van der Waals surface area contributed by atoms with Gasteiger partial charge in [-0.2, -0.15) is 0 Å². The van der Waals surface area contributed by atoms with Crippen LogP contribution in [0.4, 0.5) is 0 Å². The quantitative estimate of drug-likeness (QED) is 0.555. The highest BCUT2D eigenvalue weighted by Gasteiger charge is 2.20. The van der Waals surface area contributed by atoms with Crippen LogP contribution in [0.5, 0.6) is 28.7 Å². The fourth-order valence-corrected chi connectivity index (χ4v) is 3.26. The van der Waals surface area contributed by atoms with Crippen LogP contribution in [0.25, 0.3) is 0 Å². The molecule has 0 aliphatic heterocycles. The van der Waals surface area contributed by atoms with Crippen molar-refractivity contribution >= 4 is 5.91 Å². The first-order chi connectivity index (χ1) is 14.5. The van der Waals surface area contributed by atoms with E-state index >= 15 is 0 Å². The summed E-state index contributed by atoms with van der Waals surface area (Å²) in [6.45, 7) is 5.48. The van der Waals surface area contributed by atoms with E-state index in [4.69, 9.17) is 23.7 Å². The molecule has 0 atom stereocenters. The van der Waals surface area contributed by atoms with E-state index < -0.39 is 0 Å². The van der Waals surface area contributed by atoms with Gasteiger partial charge in [0.15, 0.2) is 23.0 Å². The average Bonchev–Trinajstić information content (AvgIpc) is 2.77. The molecule has 2 rings (SSSR count). The number of hydrogen-bond acceptors (Lipinski definition) is 6. The van der Waals surface area contributed by atoms with Crippen LogP contribution >= 0.6 is 0 Å². The fourth-order valence-electron chi connectivity index (χ4n) is 3.26. The molecule has 0 N–H and O–H groups in total. The SMILES string of the molecule is CCOc1ccc(CN(CC)C(=O)Cc2ccc(OC)c(OC)c2OC)cc1OC. The van der Waals surface area contributed by atoms with Crippen molar-refractivity contribution in [1.82, 2.24) is 4.90 Å². The van der Waals surface area contributed by atoms with Gasteiger partial charge in [-0.05, 0) is 37.6 Å². The Labute approximate surface area is 178 Å². The maximum Gasteiger partial charge on any atom is 0.227 e. The third kappa shape index (κ3) is 5.28. The zero-order chi connectivity index (χ0) is 22.1. The molecule has 0 heterocycles. The molecule has 164 valence electrons. The van der Waals surface area contributed by atoms with Gasteiger partial charge in [0, 0.05) is 18.7 Å². The minimum Gasteiger partial charge on any atom is -0.493 e. The van der Waals surface area contributed by atoms with Gasteiger partial charge in [0.25, 0.3) is 0 Å². The van der Waals surface area contributed by atoms with Crippen molar-refractivity contribution in [1.29, 1.82) is 0 Å². The zero-order valence-corrected chi connectivity index (χ0v) is 18.6. The van der Waals surface area contributed by atoms with E-state index in [1.54, 1.807) is 39.4 Å². The lowest BCUT2D eigenvalue weighted by molar-refractivity contribution is -0.130. The lowest BCUT2D eigenvalue weighted by atomic mass is 10.1. The number of carbonyl (C=O) groups is 1. The van der Waals surface area contributed by atoms with Gasteiger partial charge >= 0.3 is 0 Å². The van der Waals surface area contributed by atoms with Gasteiger partial charge in [-0.15, -0.1) is 0 Å². The number of likely N-dealkylation sites (N-methyl/N-ethyl adjacent to an activating group) is 1. The Morgan fingerprint density at radius 1 is 0.833 bits per heavy atom. The van der Waals surface area contributed by atoms with E-state index in [0.717, 1.165) is 11.1 Å². The van der Waals surface area contributed by atoms with E-state index in [2.05, 4.69) is 0 Å². The van der Waals surface area contributed by atoms with Crippen LogP contribution in [-0.2, 0) is 17.8 Å². The van der Waals surface area contributed by atoms with Crippen LogP contribution in [0, 0.1) is 0 Å². The molecule has 0 fully saturated rings. The van der Waals surface area contributed by atoms with Crippen LogP contribution < -0.4 is 23.7 Å². The fraction of sp³-hybridized carbons (Fsp3) is 0.435. The van der Waals surface area contributed by atoms with Crippen LogP contribution in [0.15, 0.2) is 30.3 Å². The Hall–Kier alpha value is -3.09. The molecule has 0 aromatic heterocycles. The number of carbonyl (C=O) groups excluding carboxylic acids is 1. The van der Waals surface area contributed by atoms with Crippen molar-refractivity contribution in [3.05, 3.63) is 41.5 Å². The highest BCUT2D eigenvalue weighted by molar-refractivity contribution is 5.80. The molecule has 7 heteroatoms. The van der Waals surface area contributed by atoms with Crippen molar-refractivity contribution in [2.75, 3.05) is 41.6 Å². The number of hydrogen-bond donors (Lipinski definition) is 0. The Balaban J connectivity index is 2.21. The first-order valence-electron chi connectivity index (χ1n) is 9.88. The van der Waals surface area contributed by atoms with Crippen molar-refractivity contribution in [3.63, 3.8) is 0 Å². The predicted octanol–water partition coefficient (Wildman–Crippen LogP) is 3.71. The highest BCUT2D eigenvalue weighted by Crippen LogP contribution is 2.40. The summed E-state index contributed by atoms with van der Waals surface area (Å²) in [5.74, 6) is 2.86. The lowest BCUT2D eigenvalue weighted by Crippen LogP contribution is -2.31. The van der Waals surface area contributed by atoms with Gasteiger partial charge in [0.05, 0.1) is 41.5 Å². The van der Waals surface area contributed by atoms with Crippen molar-refractivity contribution < 1.29 is 28.5 Å². The number of nitrogens with zero attached hydrogens (tertiary/aromatic N) is 1. The molecule has 0 spiro atoms. The summed E-state index contributed by atoms with van der Waals surface area (Å²) < 4.78 is 27.2. The van der Waals surface area contributed by atoms with E-state index in [0.29, 0.717) is 48.4 Å². The summed E-state index contributed by atoms with van der Waals surface area (Å²) in [6, 6.07) is 9.31. The van der Waals surface area contributed by atoms with E-state index in [9.17, 15) is 4.79 Å². The van der Waals surface area contributed by atoms with Gasteiger partial charge in [-0.3, -0.25) is 4.79 Å². The van der Waals surface area contributed by atoms with Crippen LogP contribution in [0.3, 0.4) is 0 Å². The molecule has 2 aromatic carbocycles. The third-order valence-corrected chi connectivity index (χ3v) is 4.76. The molecule has 0 aliphatic rings. The molecular weight excluding hydrogens is 386 g/mol. The lowest BCUT2D eigenvalue weighted by Gasteiger charge is -2.23. The second-order valence-electron chi connectivity index (χ2n) is 6.50. The topological polar surface area (TPSA) is 66.5 Å². The van der Waals surface area contributed by atoms with E-state index in [1.807, 2.05) is 38.1 Å². The van der Waals surface area contributed by atoms with E-state index in [-0.39, 0.29) is 12.3 Å². The molecule has 1 amide bonds. The van der Waals surface area contributed by atoms with Gasteiger partial charge in [-0.25, -0.2) is 0 Å². The van der Waals surface area contributed by atoms with Gasteiger partial charge < -0.3 is 28.6 Å². The molecule has 0 saturated heterocycles. The van der Waals surface area contributed by atoms with Crippen molar-refractivity contribution in [3.8, 4) is 28.7 Å². The molecule has 7 nitrogen and oxygen atoms in total. The monoisotopic (exact) mass is 417 g/mol. The summed E-state index contributed by atoms with van der Waals surface area (Å²) >= 11 is 0. The minimum absolute atomic E-state index is 0.0177. The maximum atomic E-state index is 13.0. The van der Waals surface area contributed by atoms with Gasteiger partial charge in [-0.1, -0.05) is 12.1 Å². The van der Waals surface area contributed by atoms with Gasteiger partial charge in [0.1, 0.15) is 0 Å². The normalized spacial score (nSPS) is 10.3. The maximum absolute atomic E-state index is 13.0. The number of methoxy groups -OCH3 is 4. The summed E-state index contributed by atoms with van der Waals surface area (Å²) in [5, 5.41) is 0. The number of amides is 1. The van der Waals surface area contributed by atoms with Crippen LogP contribution in [-0.4, -0.2) is 52.4 Å². The number of ether oxygens (including phenoxy) is 5. The number of benzene rings is 2.